The highest BCUT2D eigenvalue weighted by Gasteiger charge is 2.09. The first-order valence-corrected chi connectivity index (χ1v) is 5.13. The lowest BCUT2D eigenvalue weighted by atomic mass is 10.3. The van der Waals surface area contributed by atoms with Gasteiger partial charge in [0.25, 0.3) is 0 Å². The maximum absolute atomic E-state index is 13.3. The maximum Gasteiger partial charge on any atom is 0.328 e. The van der Waals surface area contributed by atoms with E-state index < -0.39 is 11.6 Å². The number of halogens is 2. The molecule has 0 spiro atoms. The van der Waals surface area contributed by atoms with Gasteiger partial charge in [-0.15, -0.1) is 4.98 Å². The van der Waals surface area contributed by atoms with Crippen molar-refractivity contribution < 1.29 is 18.3 Å². The van der Waals surface area contributed by atoms with Crippen LogP contribution in [0.1, 0.15) is 6.92 Å². The van der Waals surface area contributed by atoms with Gasteiger partial charge in [0.2, 0.25) is 0 Å². The zero-order chi connectivity index (χ0) is 13.0. The average molecular weight is 253 g/mol. The molecule has 0 aliphatic heterocycles. The van der Waals surface area contributed by atoms with Crippen LogP contribution in [0.2, 0.25) is 0 Å². The smallest absolute Gasteiger partial charge is 0.328 e. The molecule has 0 aliphatic carbocycles. The second kappa shape index (κ2) is 5.35. The number of aromatic nitrogens is 3. The third-order valence-corrected chi connectivity index (χ3v) is 1.90. The minimum absolute atomic E-state index is 0.0741. The van der Waals surface area contributed by atoms with Crippen molar-refractivity contribution in [3.63, 3.8) is 0 Å². The SMILES string of the molecule is CCOc1ncnc(Oc2ccc(F)cc2F)n1. The maximum atomic E-state index is 13.3. The summed E-state index contributed by atoms with van der Waals surface area (Å²) in [6, 6.07) is 2.88. The van der Waals surface area contributed by atoms with Gasteiger partial charge < -0.3 is 9.47 Å². The molecule has 0 aliphatic rings. The van der Waals surface area contributed by atoms with E-state index in [9.17, 15) is 8.78 Å². The molecule has 0 atom stereocenters. The van der Waals surface area contributed by atoms with E-state index >= 15 is 0 Å². The van der Waals surface area contributed by atoms with E-state index in [0.29, 0.717) is 12.7 Å². The van der Waals surface area contributed by atoms with E-state index in [-0.39, 0.29) is 17.8 Å². The largest absolute Gasteiger partial charge is 0.464 e. The molecule has 0 fully saturated rings. The van der Waals surface area contributed by atoms with Crippen molar-refractivity contribution in [1.82, 2.24) is 15.0 Å². The number of ether oxygens (including phenoxy) is 2. The highest BCUT2D eigenvalue weighted by atomic mass is 19.1. The van der Waals surface area contributed by atoms with Crippen molar-refractivity contribution in [3.8, 4) is 17.8 Å². The molecule has 0 unspecified atom stereocenters. The third-order valence-electron chi connectivity index (χ3n) is 1.90. The summed E-state index contributed by atoms with van der Waals surface area (Å²) in [5, 5.41) is 0. The van der Waals surface area contributed by atoms with Crippen LogP contribution in [0.25, 0.3) is 0 Å². The van der Waals surface area contributed by atoms with Crippen LogP contribution in [0.4, 0.5) is 8.78 Å². The summed E-state index contributed by atoms with van der Waals surface area (Å²) in [5.41, 5.74) is 0. The van der Waals surface area contributed by atoms with Crippen molar-refractivity contribution in [2.45, 2.75) is 6.92 Å². The van der Waals surface area contributed by atoms with Crippen molar-refractivity contribution in [3.05, 3.63) is 36.2 Å². The highest BCUT2D eigenvalue weighted by molar-refractivity contribution is 5.27. The molecule has 0 radical (unpaired) electrons. The van der Waals surface area contributed by atoms with Crippen molar-refractivity contribution in [1.29, 1.82) is 0 Å². The number of rotatable bonds is 4. The van der Waals surface area contributed by atoms with E-state index in [1.807, 2.05) is 0 Å². The Bertz CT molecular complexity index is 552. The first-order valence-electron chi connectivity index (χ1n) is 5.13. The van der Waals surface area contributed by atoms with Crippen LogP contribution in [-0.4, -0.2) is 21.6 Å². The van der Waals surface area contributed by atoms with Crippen LogP contribution in [0.5, 0.6) is 17.8 Å². The first kappa shape index (κ1) is 12.2. The van der Waals surface area contributed by atoms with Crippen LogP contribution in [0.15, 0.2) is 24.5 Å². The Morgan fingerprint density at radius 3 is 2.67 bits per heavy atom. The predicted molar refractivity (Wildman–Crippen MR) is 57.4 cm³/mol. The molecule has 18 heavy (non-hydrogen) atoms. The van der Waals surface area contributed by atoms with Crippen LogP contribution in [0, 0.1) is 11.6 Å². The normalized spacial score (nSPS) is 10.2. The van der Waals surface area contributed by atoms with Crippen molar-refractivity contribution >= 4 is 0 Å². The van der Waals surface area contributed by atoms with E-state index in [2.05, 4.69) is 15.0 Å². The van der Waals surface area contributed by atoms with Gasteiger partial charge in [-0.3, -0.25) is 0 Å². The van der Waals surface area contributed by atoms with Gasteiger partial charge in [-0.05, 0) is 19.1 Å². The Labute approximate surface area is 101 Å². The topological polar surface area (TPSA) is 57.1 Å². The number of nitrogens with zero attached hydrogens (tertiary/aromatic N) is 3. The zero-order valence-corrected chi connectivity index (χ0v) is 9.43. The van der Waals surface area contributed by atoms with Crippen LogP contribution in [-0.2, 0) is 0 Å². The van der Waals surface area contributed by atoms with Gasteiger partial charge in [0.05, 0.1) is 6.61 Å². The lowest BCUT2D eigenvalue weighted by Crippen LogP contribution is -2.00. The molecule has 94 valence electrons. The molecule has 0 saturated carbocycles. The summed E-state index contributed by atoms with van der Waals surface area (Å²) in [6.07, 6.45) is 1.18. The fourth-order valence-electron chi connectivity index (χ4n) is 1.17. The lowest BCUT2D eigenvalue weighted by molar-refractivity contribution is 0.301. The van der Waals surface area contributed by atoms with Gasteiger partial charge in [-0.2, -0.15) is 9.97 Å². The molecule has 0 saturated heterocycles. The van der Waals surface area contributed by atoms with Crippen LogP contribution >= 0.6 is 0 Å². The highest BCUT2D eigenvalue weighted by Crippen LogP contribution is 2.22. The zero-order valence-electron chi connectivity index (χ0n) is 9.43. The monoisotopic (exact) mass is 253 g/mol. The summed E-state index contributed by atoms with van der Waals surface area (Å²) in [5.74, 6) is -1.70. The Balaban J connectivity index is 2.20. The fourth-order valence-corrected chi connectivity index (χ4v) is 1.17. The van der Waals surface area contributed by atoms with E-state index in [1.54, 1.807) is 6.92 Å². The average Bonchev–Trinajstić information content (AvgIpc) is 2.34. The van der Waals surface area contributed by atoms with Gasteiger partial charge in [-0.1, -0.05) is 0 Å². The molecular weight excluding hydrogens is 244 g/mol. The molecule has 0 bridgehead atoms. The second-order valence-corrected chi connectivity index (χ2v) is 3.16. The van der Waals surface area contributed by atoms with E-state index in [0.717, 1.165) is 12.1 Å². The lowest BCUT2D eigenvalue weighted by Gasteiger charge is -2.05. The second-order valence-electron chi connectivity index (χ2n) is 3.16. The van der Waals surface area contributed by atoms with Gasteiger partial charge in [-0.25, -0.2) is 8.78 Å². The first-order chi connectivity index (χ1) is 8.69. The standard InChI is InChI=1S/C11H9F2N3O2/c1-2-17-10-14-6-15-11(16-10)18-9-4-3-7(12)5-8(9)13/h3-6H,2H2,1H3. The molecule has 0 N–H and O–H groups in total. The minimum Gasteiger partial charge on any atom is -0.464 e. The Morgan fingerprint density at radius 1 is 1.17 bits per heavy atom. The van der Waals surface area contributed by atoms with Gasteiger partial charge in [0.15, 0.2) is 11.6 Å². The molecule has 0 amide bonds. The summed E-state index contributed by atoms with van der Waals surface area (Å²) in [6.45, 7) is 2.15. The van der Waals surface area contributed by atoms with E-state index in [1.165, 1.54) is 6.33 Å². The summed E-state index contributed by atoms with van der Waals surface area (Å²) in [7, 11) is 0. The number of hydrogen-bond acceptors (Lipinski definition) is 5. The van der Waals surface area contributed by atoms with Crippen molar-refractivity contribution in [2.24, 2.45) is 0 Å². The molecular formula is C11H9F2N3O2. The molecule has 7 heteroatoms. The minimum atomic E-state index is -0.839. The fraction of sp³-hybridized carbons (Fsp3) is 0.182. The quantitative estimate of drug-likeness (QED) is 0.837. The molecule has 2 rings (SSSR count). The van der Waals surface area contributed by atoms with Gasteiger partial charge >= 0.3 is 12.0 Å². The summed E-state index contributed by atoms with van der Waals surface area (Å²) in [4.78, 5) is 11.2. The van der Waals surface area contributed by atoms with Crippen molar-refractivity contribution in [2.75, 3.05) is 6.61 Å². The Kier molecular flexibility index (Phi) is 3.61. The molecule has 2 aromatic rings. The summed E-state index contributed by atoms with van der Waals surface area (Å²) < 4.78 is 36.1. The van der Waals surface area contributed by atoms with Crippen LogP contribution in [0.3, 0.4) is 0 Å². The van der Waals surface area contributed by atoms with E-state index in [4.69, 9.17) is 9.47 Å². The number of hydrogen-bond donors (Lipinski definition) is 0. The third kappa shape index (κ3) is 2.88. The number of benzene rings is 1. The van der Waals surface area contributed by atoms with Crippen LogP contribution < -0.4 is 9.47 Å². The predicted octanol–water partition coefficient (Wildman–Crippen LogP) is 2.34. The molecule has 1 aromatic carbocycles. The summed E-state index contributed by atoms with van der Waals surface area (Å²) >= 11 is 0. The Hall–Kier alpha value is -2.31. The molecule has 1 heterocycles. The molecule has 1 aromatic heterocycles. The Morgan fingerprint density at radius 2 is 1.94 bits per heavy atom. The van der Waals surface area contributed by atoms with Gasteiger partial charge in [0, 0.05) is 6.07 Å². The molecule has 5 nitrogen and oxygen atoms in total. The van der Waals surface area contributed by atoms with Gasteiger partial charge in [0.1, 0.15) is 12.1 Å².